The number of nitrogens with zero attached hydrogens (tertiary/aromatic N) is 1. The number of rotatable bonds is 1. The quantitative estimate of drug-likeness (QED) is 0.0913. The maximum Gasteiger partial charge on any atom is 0.316 e. The van der Waals surface area contributed by atoms with Crippen LogP contribution in [-0.2, 0) is 20.1 Å². The molecule has 0 aliphatic heterocycles. The number of thiophene rings is 1. The van der Waals surface area contributed by atoms with Gasteiger partial charge in [-0.1, -0.05) is 23.6 Å². The summed E-state index contributed by atoms with van der Waals surface area (Å²) in [5, 5.41) is 14.8. The van der Waals surface area contributed by atoms with E-state index in [2.05, 4.69) is 41.4 Å². The van der Waals surface area contributed by atoms with Crippen LogP contribution in [0.2, 0.25) is 0 Å². The van der Waals surface area contributed by atoms with E-state index in [1.807, 2.05) is 29.7 Å². The van der Waals surface area contributed by atoms with Gasteiger partial charge < -0.3 is 10.1 Å². The second-order valence-corrected chi connectivity index (χ2v) is 7.28. The molecule has 27 heavy (non-hydrogen) atoms. The summed E-state index contributed by atoms with van der Waals surface area (Å²) in [4.78, 5) is 13.0. The monoisotopic (exact) mass is 552 g/mol. The molecule has 0 aliphatic carbocycles. The average molecular weight is 552 g/mol. The molecule has 5 rings (SSSR count). The second-order valence-electron chi connectivity index (χ2n) is 6.20. The van der Waals surface area contributed by atoms with Gasteiger partial charge in [0, 0.05) is 31.0 Å². The Hall–Kier alpha value is -2.33. The van der Waals surface area contributed by atoms with Crippen LogP contribution in [0.4, 0.5) is 0 Å². The molecule has 0 aliphatic rings. The molecule has 0 fully saturated rings. The molecule has 0 atom stereocenters. The minimum absolute atomic E-state index is 0. The molecule has 2 aromatic heterocycles. The molecule has 3 nitrogen and oxygen atoms in total. The van der Waals surface area contributed by atoms with Crippen LogP contribution in [0.3, 0.4) is 0 Å². The summed E-state index contributed by atoms with van der Waals surface area (Å²) < 4.78 is 2.68. The molecule has 0 amide bonds. The molecular weight excluding hydrogens is 535 g/mol. The SMILES string of the molecule is CC(=[OH+])/C=C(/C)O.[Ir].[c-]1ccc2sc3cccc4c5cccnc5c1c2c34. The summed E-state index contributed by atoms with van der Waals surface area (Å²) in [6.45, 7) is 3.00. The number of hydrogen-bond acceptors (Lipinski definition) is 3. The number of benzene rings is 3. The van der Waals surface area contributed by atoms with Gasteiger partial charge in [-0.2, -0.15) is 11.3 Å². The van der Waals surface area contributed by atoms with E-state index >= 15 is 0 Å². The summed E-state index contributed by atoms with van der Waals surface area (Å²) in [5.41, 5.74) is 1.06. The van der Waals surface area contributed by atoms with Crippen molar-refractivity contribution in [2.24, 2.45) is 0 Å². The van der Waals surface area contributed by atoms with Crippen LogP contribution >= 0.6 is 11.3 Å². The molecular formula is C22H17IrNO2S. The maximum atomic E-state index is 8.40. The molecule has 0 saturated carbocycles. The van der Waals surface area contributed by atoms with Crippen LogP contribution in [0.15, 0.2) is 60.5 Å². The van der Waals surface area contributed by atoms with Crippen molar-refractivity contribution in [3.8, 4) is 0 Å². The Bertz CT molecular complexity index is 1200. The third-order valence-electron chi connectivity index (χ3n) is 4.21. The van der Waals surface area contributed by atoms with Crippen LogP contribution < -0.4 is 0 Å². The van der Waals surface area contributed by atoms with Crippen LogP contribution in [-0.4, -0.2) is 20.7 Å². The Morgan fingerprint density at radius 3 is 2.52 bits per heavy atom. The van der Waals surface area contributed by atoms with Crippen molar-refractivity contribution in [1.82, 2.24) is 4.98 Å². The number of aromatic nitrogens is 1. The van der Waals surface area contributed by atoms with Gasteiger partial charge in [-0.05, 0) is 45.4 Å². The maximum absolute atomic E-state index is 8.40. The van der Waals surface area contributed by atoms with E-state index in [-0.39, 0.29) is 31.6 Å². The van der Waals surface area contributed by atoms with Crippen molar-refractivity contribution in [3.05, 3.63) is 66.6 Å². The first-order valence-electron chi connectivity index (χ1n) is 8.27. The average Bonchev–Trinajstić information content (AvgIpc) is 3.00. The zero-order chi connectivity index (χ0) is 18.3. The fraction of sp³-hybridized carbons (Fsp3) is 0.0909. The Kier molecular flexibility index (Phi) is 5.56. The van der Waals surface area contributed by atoms with Crippen LogP contribution in [0.25, 0.3) is 41.8 Å². The summed E-state index contributed by atoms with van der Waals surface area (Å²) >= 11 is 1.85. The molecule has 2 N–H and O–H groups in total. The minimum atomic E-state index is 0. The van der Waals surface area contributed by atoms with E-state index in [0.29, 0.717) is 0 Å². The number of hydrogen-bond donors (Lipinski definition) is 1. The smallest absolute Gasteiger partial charge is 0.316 e. The number of allylic oxidation sites excluding steroid dienone is 2. The van der Waals surface area contributed by atoms with Crippen LogP contribution in [0.1, 0.15) is 13.8 Å². The number of fused-ring (bicyclic) bond motifs is 3. The van der Waals surface area contributed by atoms with E-state index in [9.17, 15) is 0 Å². The largest absolute Gasteiger partial charge is 0.512 e. The molecule has 137 valence electrons. The summed E-state index contributed by atoms with van der Waals surface area (Å²) in [7, 11) is 0. The van der Waals surface area contributed by atoms with Gasteiger partial charge in [0.25, 0.3) is 0 Å². The van der Waals surface area contributed by atoms with E-state index in [1.165, 1.54) is 50.9 Å². The van der Waals surface area contributed by atoms with Crippen molar-refractivity contribution in [1.29, 1.82) is 0 Å². The van der Waals surface area contributed by atoms with Gasteiger partial charge in [0.2, 0.25) is 0 Å². The Labute approximate surface area is 174 Å². The molecule has 0 saturated heterocycles. The Morgan fingerprint density at radius 1 is 1.07 bits per heavy atom. The predicted octanol–water partition coefficient (Wildman–Crippen LogP) is 6.00. The van der Waals surface area contributed by atoms with Crippen LogP contribution in [0, 0.1) is 6.07 Å². The van der Waals surface area contributed by atoms with Gasteiger partial charge in [0.05, 0.1) is 18.8 Å². The van der Waals surface area contributed by atoms with Gasteiger partial charge in [-0.15, -0.1) is 23.6 Å². The molecule has 3 aromatic carbocycles. The fourth-order valence-corrected chi connectivity index (χ4v) is 4.48. The van der Waals surface area contributed by atoms with Crippen LogP contribution in [0.5, 0.6) is 0 Å². The number of aliphatic hydroxyl groups excluding tert-OH is 1. The third kappa shape index (κ3) is 3.46. The third-order valence-corrected chi connectivity index (χ3v) is 5.33. The van der Waals surface area contributed by atoms with Crippen molar-refractivity contribution in [2.45, 2.75) is 13.8 Å². The standard InChI is InChI=1S/C17H8NS.C5H8O2.Ir/c1-4-10-11-6-3-9-18-17(11)12-5-2-8-14-16(12)15(10)13(7-1)19-14;1-4(6)3-5(2)7;/h1-4,6-9H;3,6H,1-2H3;/q-1;;/p+1/b;4-3-;. The fourth-order valence-electron chi connectivity index (χ4n) is 3.34. The van der Waals surface area contributed by atoms with E-state index in [0.717, 1.165) is 10.9 Å². The first-order valence-corrected chi connectivity index (χ1v) is 9.09. The van der Waals surface area contributed by atoms with Gasteiger partial charge in [-0.3, -0.25) is 4.79 Å². The second kappa shape index (κ2) is 7.73. The minimum Gasteiger partial charge on any atom is -0.512 e. The Morgan fingerprint density at radius 2 is 1.81 bits per heavy atom. The molecule has 0 bridgehead atoms. The summed E-state index contributed by atoms with van der Waals surface area (Å²) in [6.07, 6.45) is 3.14. The molecule has 5 aromatic rings. The van der Waals surface area contributed by atoms with Crippen molar-refractivity contribution >= 4 is 59.0 Å². The Balaban J connectivity index is 0.000000230. The van der Waals surface area contributed by atoms with Gasteiger partial charge in [0.15, 0.2) is 0 Å². The van der Waals surface area contributed by atoms with Crippen molar-refractivity contribution < 1.29 is 30.0 Å². The van der Waals surface area contributed by atoms with E-state index in [1.54, 1.807) is 0 Å². The topological polar surface area (TPSA) is 54.5 Å². The van der Waals surface area contributed by atoms with Gasteiger partial charge in [0.1, 0.15) is 0 Å². The predicted molar refractivity (Wildman–Crippen MR) is 111 cm³/mol. The number of carbonyl (C=O) groups excluding carboxylic acids is 1. The molecule has 2 heterocycles. The molecule has 0 spiro atoms. The normalized spacial score (nSPS) is 11.6. The van der Waals surface area contributed by atoms with Gasteiger partial charge in [-0.25, -0.2) is 0 Å². The number of pyridine rings is 1. The van der Waals surface area contributed by atoms with E-state index < -0.39 is 0 Å². The molecule has 0 unspecified atom stereocenters. The van der Waals surface area contributed by atoms with Gasteiger partial charge >= 0.3 is 5.78 Å². The van der Waals surface area contributed by atoms with Crippen molar-refractivity contribution in [2.75, 3.05) is 0 Å². The molecule has 5 heteroatoms. The zero-order valence-electron chi connectivity index (χ0n) is 14.8. The summed E-state index contributed by atoms with van der Waals surface area (Å²) in [5.74, 6) is 0.250. The number of aliphatic hydroxyl groups is 1. The molecule has 1 radical (unpaired) electrons. The van der Waals surface area contributed by atoms with E-state index in [4.69, 9.17) is 9.90 Å². The van der Waals surface area contributed by atoms with Crippen molar-refractivity contribution in [3.63, 3.8) is 0 Å². The number of ketones is 1. The first kappa shape index (κ1) is 19.4. The summed E-state index contributed by atoms with van der Waals surface area (Å²) in [6, 6.07) is 18.3. The zero-order valence-corrected chi connectivity index (χ0v) is 18.0. The first-order chi connectivity index (χ1) is 12.6.